The maximum Gasteiger partial charge on any atom is 0.230 e. The Bertz CT molecular complexity index is 1200. The van der Waals surface area contributed by atoms with E-state index in [9.17, 15) is 14.0 Å². The van der Waals surface area contributed by atoms with Crippen molar-refractivity contribution in [2.24, 2.45) is 5.92 Å². The molecule has 2 aliphatic rings. The third kappa shape index (κ3) is 5.45. The maximum absolute atomic E-state index is 13.8. The molecule has 0 spiro atoms. The molecule has 0 unspecified atom stereocenters. The summed E-state index contributed by atoms with van der Waals surface area (Å²) in [6, 6.07) is 22.4. The second kappa shape index (κ2) is 10.4. The van der Waals surface area contributed by atoms with Crippen LogP contribution in [0.25, 0.3) is 0 Å². The van der Waals surface area contributed by atoms with Gasteiger partial charge in [0.1, 0.15) is 5.82 Å². The molecule has 1 fully saturated rings. The number of anilines is 1. The van der Waals surface area contributed by atoms with Gasteiger partial charge in [-0.3, -0.25) is 9.59 Å². The van der Waals surface area contributed by atoms with Crippen molar-refractivity contribution in [3.63, 3.8) is 0 Å². The highest BCUT2D eigenvalue weighted by atomic mass is 19.1. The van der Waals surface area contributed by atoms with E-state index in [-0.39, 0.29) is 23.5 Å². The summed E-state index contributed by atoms with van der Waals surface area (Å²) in [6.45, 7) is 1.73. The highest BCUT2D eigenvalue weighted by Crippen LogP contribution is 2.30. The minimum atomic E-state index is -0.301. The lowest BCUT2D eigenvalue weighted by Crippen LogP contribution is -2.37. The molecule has 0 N–H and O–H groups in total. The number of carbonyl (C=O) groups excluding carboxylic acids is 2. The fourth-order valence-corrected chi connectivity index (χ4v) is 5.30. The van der Waals surface area contributed by atoms with Crippen LogP contribution in [0.15, 0.2) is 72.8 Å². The number of hydrogen-bond donors (Lipinski definition) is 0. The number of carbonyl (C=O) groups is 2. The summed E-state index contributed by atoms with van der Waals surface area (Å²) in [6.07, 6.45) is 5.19. The van der Waals surface area contributed by atoms with Gasteiger partial charge in [0.25, 0.3) is 0 Å². The van der Waals surface area contributed by atoms with Gasteiger partial charge in [-0.1, -0.05) is 61.4 Å². The first-order valence-corrected chi connectivity index (χ1v) is 12.6. The summed E-state index contributed by atoms with van der Waals surface area (Å²) in [4.78, 5) is 30.1. The van der Waals surface area contributed by atoms with Gasteiger partial charge in [0.2, 0.25) is 11.8 Å². The number of nitrogens with zero attached hydrogens (tertiary/aromatic N) is 2. The van der Waals surface area contributed by atoms with Crippen LogP contribution in [0.5, 0.6) is 0 Å². The Morgan fingerprint density at radius 1 is 0.886 bits per heavy atom. The van der Waals surface area contributed by atoms with E-state index in [0.29, 0.717) is 19.5 Å². The Morgan fingerprint density at radius 2 is 1.63 bits per heavy atom. The predicted molar refractivity (Wildman–Crippen MR) is 135 cm³/mol. The van der Waals surface area contributed by atoms with Gasteiger partial charge in [-0.05, 0) is 65.8 Å². The molecule has 1 aliphatic heterocycles. The molecule has 35 heavy (non-hydrogen) atoms. The predicted octanol–water partition coefficient (Wildman–Crippen LogP) is 5.68. The van der Waals surface area contributed by atoms with Crippen molar-refractivity contribution < 1.29 is 14.0 Å². The maximum atomic E-state index is 13.8. The quantitative estimate of drug-likeness (QED) is 0.465. The van der Waals surface area contributed by atoms with Gasteiger partial charge in [-0.15, -0.1) is 0 Å². The molecular formula is C30H31FN2O2. The van der Waals surface area contributed by atoms with E-state index >= 15 is 0 Å². The first-order valence-electron chi connectivity index (χ1n) is 12.6. The van der Waals surface area contributed by atoms with E-state index in [4.69, 9.17) is 0 Å². The molecule has 0 saturated heterocycles. The van der Waals surface area contributed by atoms with E-state index in [0.717, 1.165) is 55.5 Å². The molecule has 1 aliphatic carbocycles. The van der Waals surface area contributed by atoms with Gasteiger partial charge in [0.15, 0.2) is 0 Å². The Labute approximate surface area is 206 Å². The summed E-state index contributed by atoms with van der Waals surface area (Å²) >= 11 is 0. The normalized spacial score (nSPS) is 15.6. The van der Waals surface area contributed by atoms with Gasteiger partial charge >= 0.3 is 0 Å². The zero-order valence-electron chi connectivity index (χ0n) is 20.0. The third-order valence-electron chi connectivity index (χ3n) is 7.29. The molecule has 0 atom stereocenters. The third-order valence-corrected chi connectivity index (χ3v) is 7.29. The molecule has 180 valence electrons. The largest absolute Gasteiger partial charge is 0.338 e. The number of benzene rings is 3. The first kappa shape index (κ1) is 23.3. The van der Waals surface area contributed by atoms with E-state index in [2.05, 4.69) is 12.1 Å². The van der Waals surface area contributed by atoms with Crippen LogP contribution >= 0.6 is 0 Å². The van der Waals surface area contributed by atoms with Crippen molar-refractivity contribution in [1.82, 2.24) is 4.90 Å². The summed E-state index contributed by atoms with van der Waals surface area (Å²) in [5.41, 5.74) is 5.03. The molecule has 2 amide bonds. The molecule has 4 nitrogen and oxygen atoms in total. The van der Waals surface area contributed by atoms with Crippen LogP contribution in [0.1, 0.15) is 47.9 Å². The van der Waals surface area contributed by atoms with Crippen molar-refractivity contribution in [2.45, 2.75) is 51.6 Å². The molecule has 1 heterocycles. The Hall–Kier alpha value is -3.47. The molecule has 3 aromatic carbocycles. The minimum absolute atomic E-state index is 0.0202. The lowest BCUT2D eigenvalue weighted by atomic mass is 9.99. The average Bonchev–Trinajstić information content (AvgIpc) is 3.42. The Morgan fingerprint density at radius 3 is 2.37 bits per heavy atom. The van der Waals surface area contributed by atoms with E-state index in [1.54, 1.807) is 11.0 Å². The van der Waals surface area contributed by atoms with Gasteiger partial charge in [-0.2, -0.15) is 0 Å². The molecule has 5 heteroatoms. The van der Waals surface area contributed by atoms with E-state index in [1.807, 2.05) is 47.4 Å². The monoisotopic (exact) mass is 470 g/mol. The smallest absolute Gasteiger partial charge is 0.230 e. The number of hydrogen-bond acceptors (Lipinski definition) is 2. The fraction of sp³-hybridized carbons (Fsp3) is 0.333. The highest BCUT2D eigenvalue weighted by molar-refractivity contribution is 5.95. The molecular weight excluding hydrogens is 439 g/mol. The number of amides is 2. The second-order valence-corrected chi connectivity index (χ2v) is 9.71. The van der Waals surface area contributed by atoms with Crippen LogP contribution in [-0.4, -0.2) is 23.3 Å². The topological polar surface area (TPSA) is 40.6 Å². The summed E-state index contributed by atoms with van der Waals surface area (Å²) in [7, 11) is 0. The average molecular weight is 471 g/mol. The van der Waals surface area contributed by atoms with Crippen LogP contribution in [0.4, 0.5) is 10.1 Å². The molecule has 0 radical (unpaired) electrons. The molecule has 3 aromatic rings. The lowest BCUT2D eigenvalue weighted by Gasteiger charge is -2.29. The SMILES string of the molecule is O=C(Cc1ccc(N(Cc2cccc(F)c2)C(=O)C2CCCC2)cc1)N1CCc2ccccc2C1. The van der Waals surface area contributed by atoms with Gasteiger partial charge in [0, 0.05) is 24.7 Å². The van der Waals surface area contributed by atoms with Crippen molar-refractivity contribution in [3.05, 3.63) is 101 Å². The van der Waals surface area contributed by atoms with Crippen LogP contribution in [0.2, 0.25) is 0 Å². The highest BCUT2D eigenvalue weighted by Gasteiger charge is 2.28. The standard InChI is InChI=1S/C30H31FN2O2/c31-27-11-5-6-23(18-27)20-33(30(35)25-8-2-3-9-25)28-14-12-22(13-15-28)19-29(34)32-17-16-24-7-1-4-10-26(24)21-32/h1,4-7,10-15,18,25H,2-3,8-9,16-17,19-21H2. The molecule has 0 bridgehead atoms. The van der Waals surface area contributed by atoms with Crippen LogP contribution in [-0.2, 0) is 35.5 Å². The first-order chi connectivity index (χ1) is 17.1. The fourth-order valence-electron chi connectivity index (χ4n) is 5.30. The summed E-state index contributed by atoms with van der Waals surface area (Å²) < 4.78 is 13.8. The molecule has 5 rings (SSSR count). The van der Waals surface area contributed by atoms with Crippen molar-refractivity contribution in [2.75, 3.05) is 11.4 Å². The second-order valence-electron chi connectivity index (χ2n) is 9.71. The van der Waals surface area contributed by atoms with Crippen LogP contribution in [0.3, 0.4) is 0 Å². The van der Waals surface area contributed by atoms with Gasteiger partial charge < -0.3 is 9.80 Å². The van der Waals surface area contributed by atoms with Crippen molar-refractivity contribution in [1.29, 1.82) is 0 Å². The number of halogens is 1. The number of fused-ring (bicyclic) bond motifs is 1. The van der Waals surface area contributed by atoms with Crippen LogP contribution < -0.4 is 4.90 Å². The van der Waals surface area contributed by atoms with Gasteiger partial charge in [-0.25, -0.2) is 4.39 Å². The summed E-state index contributed by atoms with van der Waals surface area (Å²) in [5, 5.41) is 0. The van der Waals surface area contributed by atoms with E-state index < -0.39 is 0 Å². The lowest BCUT2D eigenvalue weighted by molar-refractivity contribution is -0.131. The molecule has 1 saturated carbocycles. The Balaban J connectivity index is 1.29. The van der Waals surface area contributed by atoms with Crippen molar-refractivity contribution in [3.8, 4) is 0 Å². The zero-order valence-corrected chi connectivity index (χ0v) is 20.0. The Kier molecular flexibility index (Phi) is 6.94. The van der Waals surface area contributed by atoms with Gasteiger partial charge in [0.05, 0.1) is 13.0 Å². The van der Waals surface area contributed by atoms with E-state index in [1.165, 1.54) is 23.3 Å². The zero-order chi connectivity index (χ0) is 24.2. The van der Waals surface area contributed by atoms with Crippen LogP contribution in [0, 0.1) is 11.7 Å². The minimum Gasteiger partial charge on any atom is -0.338 e. The summed E-state index contributed by atoms with van der Waals surface area (Å²) in [5.74, 6) is -0.0646. The molecule has 0 aromatic heterocycles. The number of rotatable bonds is 6. The van der Waals surface area contributed by atoms with Crippen molar-refractivity contribution >= 4 is 17.5 Å².